The van der Waals surface area contributed by atoms with E-state index in [0.29, 0.717) is 11.6 Å². The van der Waals surface area contributed by atoms with E-state index >= 15 is 0 Å². The van der Waals surface area contributed by atoms with Gasteiger partial charge in [0.15, 0.2) is 0 Å². The molecule has 0 radical (unpaired) electrons. The zero-order valence-electron chi connectivity index (χ0n) is 13.7. The van der Waals surface area contributed by atoms with E-state index in [1.54, 1.807) is 0 Å². The lowest BCUT2D eigenvalue weighted by molar-refractivity contribution is 0.162. The van der Waals surface area contributed by atoms with Crippen molar-refractivity contribution in [1.82, 2.24) is 5.32 Å². The van der Waals surface area contributed by atoms with Crippen LogP contribution >= 0.6 is 0 Å². The van der Waals surface area contributed by atoms with Crippen LogP contribution in [0.4, 0.5) is 19.3 Å². The number of carbonyl (C=O) groups excluding carboxylic acids is 1. The smallest absolute Gasteiger partial charge is 0.411 e. The summed E-state index contributed by atoms with van der Waals surface area (Å²) in [5.74, 6) is -0.511. The molecule has 2 N–H and O–H groups in total. The Morgan fingerprint density at radius 1 is 1.20 bits per heavy atom. The Bertz CT molecular complexity index is 729. The van der Waals surface area contributed by atoms with Gasteiger partial charge in [0.2, 0.25) is 0 Å². The summed E-state index contributed by atoms with van der Waals surface area (Å²) in [6.07, 6.45) is 0.614. The second-order valence-electron chi connectivity index (χ2n) is 6.06. The number of halogens is 2. The van der Waals surface area contributed by atoms with Gasteiger partial charge in [0.05, 0.1) is 6.61 Å². The first-order valence-electron chi connectivity index (χ1n) is 8.30. The number of hydrogen-bond acceptors (Lipinski definition) is 3. The van der Waals surface area contributed by atoms with Gasteiger partial charge in [-0.15, -0.1) is 0 Å². The number of anilines is 1. The summed E-state index contributed by atoms with van der Waals surface area (Å²) in [5, 5.41) is 5.95. The molecule has 0 spiro atoms. The first-order chi connectivity index (χ1) is 12.1. The van der Waals surface area contributed by atoms with Crippen LogP contribution in [0.15, 0.2) is 42.5 Å². The molecule has 0 aromatic heterocycles. The second-order valence-corrected chi connectivity index (χ2v) is 6.06. The van der Waals surface area contributed by atoms with Crippen LogP contribution in [0.25, 0.3) is 0 Å². The van der Waals surface area contributed by atoms with Crippen LogP contribution in [0.1, 0.15) is 23.5 Å². The Hall–Kier alpha value is -2.47. The van der Waals surface area contributed by atoms with Gasteiger partial charge in [-0.2, -0.15) is 0 Å². The van der Waals surface area contributed by atoms with Gasteiger partial charge < -0.3 is 10.1 Å². The molecule has 1 amide bonds. The number of rotatable bonds is 5. The van der Waals surface area contributed by atoms with Crippen LogP contribution in [-0.4, -0.2) is 25.8 Å². The van der Waals surface area contributed by atoms with Crippen molar-refractivity contribution in [2.24, 2.45) is 0 Å². The van der Waals surface area contributed by atoms with Gasteiger partial charge in [0.1, 0.15) is 11.6 Å². The molecule has 3 rings (SSSR count). The molecule has 2 aromatic rings. The van der Waals surface area contributed by atoms with Gasteiger partial charge in [0, 0.05) is 18.7 Å². The lowest BCUT2D eigenvalue weighted by atomic mass is 9.98. The van der Waals surface area contributed by atoms with Gasteiger partial charge in [-0.05, 0) is 60.3 Å². The fourth-order valence-electron chi connectivity index (χ4n) is 2.92. The molecule has 2 aromatic carbocycles. The Morgan fingerprint density at radius 3 is 2.72 bits per heavy atom. The largest absolute Gasteiger partial charge is 0.449 e. The minimum absolute atomic E-state index is 0.0297. The normalized spacial score (nSPS) is 16.6. The molecule has 1 aliphatic heterocycles. The molecular weight excluding hydrogens is 326 g/mol. The van der Waals surface area contributed by atoms with Gasteiger partial charge in [0.25, 0.3) is 0 Å². The lowest BCUT2D eigenvalue weighted by Crippen LogP contribution is -2.15. The van der Waals surface area contributed by atoms with Crippen molar-refractivity contribution < 1.29 is 18.3 Å². The first-order valence-corrected chi connectivity index (χ1v) is 8.30. The molecule has 1 aliphatic rings. The van der Waals surface area contributed by atoms with E-state index in [1.807, 2.05) is 24.3 Å². The third-order valence-corrected chi connectivity index (χ3v) is 4.30. The molecular formula is C19H20F2N2O2. The molecule has 132 valence electrons. The van der Waals surface area contributed by atoms with Crippen molar-refractivity contribution in [3.63, 3.8) is 0 Å². The molecule has 1 saturated heterocycles. The summed E-state index contributed by atoms with van der Waals surface area (Å²) in [5.41, 5.74) is 2.06. The van der Waals surface area contributed by atoms with Crippen LogP contribution in [0, 0.1) is 11.6 Å². The average Bonchev–Trinajstić information content (AvgIpc) is 3.13. The van der Waals surface area contributed by atoms with Gasteiger partial charge in [-0.1, -0.05) is 12.1 Å². The quantitative estimate of drug-likeness (QED) is 0.865. The van der Waals surface area contributed by atoms with Crippen molar-refractivity contribution in [2.45, 2.75) is 18.8 Å². The monoisotopic (exact) mass is 346 g/mol. The van der Waals surface area contributed by atoms with Crippen molar-refractivity contribution in [3.8, 4) is 0 Å². The standard InChI is InChI=1S/C19H20F2N2O2/c20-16-3-6-18(21)14(11-16)8-10-25-19(24)23-17-4-1-13(2-5-17)15-7-9-22-12-15/h1-6,11,15,22H,7-10,12H2,(H,23,24)/t15-/m0/s1. The number of ether oxygens (including phenoxy) is 1. The molecule has 1 heterocycles. The predicted octanol–water partition coefficient (Wildman–Crippen LogP) is 3.83. The number of carbonyl (C=O) groups is 1. The molecule has 1 atom stereocenters. The highest BCUT2D eigenvalue weighted by atomic mass is 19.1. The zero-order chi connectivity index (χ0) is 17.6. The van der Waals surface area contributed by atoms with E-state index in [1.165, 1.54) is 5.56 Å². The summed E-state index contributed by atoms with van der Waals surface area (Å²) in [4.78, 5) is 11.8. The Labute approximate surface area is 145 Å². The lowest BCUT2D eigenvalue weighted by Gasteiger charge is -2.11. The highest BCUT2D eigenvalue weighted by Crippen LogP contribution is 2.23. The predicted molar refractivity (Wildman–Crippen MR) is 91.7 cm³/mol. The topological polar surface area (TPSA) is 50.4 Å². The Morgan fingerprint density at radius 2 is 2.00 bits per heavy atom. The van der Waals surface area contributed by atoms with Gasteiger partial charge >= 0.3 is 6.09 Å². The molecule has 0 aliphatic carbocycles. The molecule has 6 heteroatoms. The van der Waals surface area contributed by atoms with Crippen LogP contribution in [-0.2, 0) is 11.2 Å². The van der Waals surface area contributed by atoms with E-state index in [9.17, 15) is 13.6 Å². The van der Waals surface area contributed by atoms with Gasteiger partial charge in [-0.3, -0.25) is 5.32 Å². The highest BCUT2D eigenvalue weighted by molar-refractivity contribution is 5.84. The van der Waals surface area contributed by atoms with Gasteiger partial charge in [-0.25, -0.2) is 13.6 Å². The minimum atomic E-state index is -0.618. The Balaban J connectivity index is 1.46. The van der Waals surface area contributed by atoms with E-state index < -0.39 is 17.7 Å². The van der Waals surface area contributed by atoms with Crippen molar-refractivity contribution >= 4 is 11.8 Å². The third-order valence-electron chi connectivity index (χ3n) is 4.30. The molecule has 1 fully saturated rings. The van der Waals surface area contributed by atoms with E-state index in [0.717, 1.165) is 37.7 Å². The maximum Gasteiger partial charge on any atom is 0.411 e. The fourth-order valence-corrected chi connectivity index (χ4v) is 2.92. The average molecular weight is 346 g/mol. The third kappa shape index (κ3) is 4.76. The number of hydrogen-bond donors (Lipinski definition) is 2. The summed E-state index contributed by atoms with van der Waals surface area (Å²) < 4.78 is 31.6. The van der Waals surface area contributed by atoms with Crippen molar-refractivity contribution in [2.75, 3.05) is 25.0 Å². The molecule has 0 unspecified atom stereocenters. The van der Waals surface area contributed by atoms with E-state index in [-0.39, 0.29) is 18.6 Å². The maximum atomic E-state index is 13.5. The summed E-state index contributed by atoms with van der Waals surface area (Å²) in [6.45, 7) is 1.98. The first kappa shape index (κ1) is 17.4. The van der Waals surface area contributed by atoms with E-state index in [4.69, 9.17) is 4.74 Å². The fraction of sp³-hybridized carbons (Fsp3) is 0.316. The molecule has 0 bridgehead atoms. The van der Waals surface area contributed by atoms with Crippen LogP contribution in [0.2, 0.25) is 0 Å². The summed E-state index contributed by atoms with van der Waals surface area (Å²) in [6, 6.07) is 10.9. The molecule has 25 heavy (non-hydrogen) atoms. The minimum Gasteiger partial charge on any atom is -0.449 e. The van der Waals surface area contributed by atoms with Crippen LogP contribution < -0.4 is 10.6 Å². The number of nitrogens with one attached hydrogen (secondary N) is 2. The van der Waals surface area contributed by atoms with Crippen LogP contribution in [0.3, 0.4) is 0 Å². The maximum absolute atomic E-state index is 13.5. The summed E-state index contributed by atoms with van der Waals surface area (Å²) >= 11 is 0. The SMILES string of the molecule is O=C(Nc1ccc([C@H]2CCNC2)cc1)OCCc1cc(F)ccc1F. The molecule has 4 nitrogen and oxygen atoms in total. The number of amides is 1. The number of benzene rings is 2. The van der Waals surface area contributed by atoms with Crippen LogP contribution in [0.5, 0.6) is 0 Å². The summed E-state index contributed by atoms with van der Waals surface area (Å²) in [7, 11) is 0. The van der Waals surface area contributed by atoms with Crippen molar-refractivity contribution in [3.05, 3.63) is 65.2 Å². The highest BCUT2D eigenvalue weighted by Gasteiger charge is 2.16. The van der Waals surface area contributed by atoms with Crippen molar-refractivity contribution in [1.29, 1.82) is 0 Å². The second kappa shape index (κ2) is 8.07. The molecule has 0 saturated carbocycles. The Kier molecular flexibility index (Phi) is 5.60. The zero-order valence-corrected chi connectivity index (χ0v) is 13.7. The van der Waals surface area contributed by atoms with E-state index in [2.05, 4.69) is 10.6 Å².